The summed E-state index contributed by atoms with van der Waals surface area (Å²) in [5, 5.41) is 2.95. The van der Waals surface area contributed by atoms with Gasteiger partial charge < -0.3 is 10.3 Å². The summed E-state index contributed by atoms with van der Waals surface area (Å²) in [6, 6.07) is 3.50. The number of imidazole rings is 1. The van der Waals surface area contributed by atoms with Crippen molar-refractivity contribution >= 4 is 17.5 Å². The minimum Gasteiger partial charge on any atom is -0.347 e. The third-order valence-electron chi connectivity index (χ3n) is 2.45. The molecular weight excluding hydrogens is 257 g/mol. The fourth-order valence-electron chi connectivity index (χ4n) is 1.53. The van der Waals surface area contributed by atoms with E-state index in [0.29, 0.717) is 10.8 Å². The minimum absolute atomic E-state index is 0.0825. The van der Waals surface area contributed by atoms with Gasteiger partial charge in [-0.1, -0.05) is 11.6 Å². The average molecular weight is 268 g/mol. The second-order valence-electron chi connectivity index (χ2n) is 3.79. The monoisotopic (exact) mass is 267 g/mol. The van der Waals surface area contributed by atoms with E-state index in [9.17, 15) is 9.18 Å². The Labute approximate surface area is 108 Å². The molecule has 4 nitrogen and oxygen atoms in total. The molecule has 0 aliphatic carbocycles. The number of carbonyl (C=O) groups is 1. The van der Waals surface area contributed by atoms with Crippen molar-refractivity contribution in [2.24, 2.45) is 0 Å². The lowest BCUT2D eigenvalue weighted by atomic mass is 10.2. The van der Waals surface area contributed by atoms with Crippen LogP contribution in [-0.2, 0) is 0 Å². The SMILES string of the molecule is CC(NC(=O)c1cc(Cl)ccc1F)c1ncc[nH]1. The molecule has 0 bridgehead atoms. The molecular formula is C12H11ClFN3O. The highest BCUT2D eigenvalue weighted by Crippen LogP contribution is 2.16. The molecule has 0 fully saturated rings. The van der Waals surface area contributed by atoms with Crippen molar-refractivity contribution in [3.63, 3.8) is 0 Å². The molecule has 94 valence electrons. The van der Waals surface area contributed by atoms with E-state index in [1.165, 1.54) is 12.1 Å². The summed E-state index contributed by atoms with van der Waals surface area (Å²) in [5.74, 6) is -0.534. The van der Waals surface area contributed by atoms with Crippen LogP contribution in [0.5, 0.6) is 0 Å². The largest absolute Gasteiger partial charge is 0.347 e. The molecule has 1 aromatic heterocycles. The number of nitrogens with one attached hydrogen (secondary N) is 2. The third-order valence-corrected chi connectivity index (χ3v) is 2.69. The Bertz CT molecular complexity index is 556. The number of halogens is 2. The van der Waals surface area contributed by atoms with Gasteiger partial charge in [-0.3, -0.25) is 4.79 Å². The molecule has 2 aromatic rings. The second-order valence-corrected chi connectivity index (χ2v) is 4.23. The van der Waals surface area contributed by atoms with E-state index in [1.54, 1.807) is 19.3 Å². The maximum Gasteiger partial charge on any atom is 0.254 e. The van der Waals surface area contributed by atoms with Crippen LogP contribution in [0.3, 0.4) is 0 Å². The van der Waals surface area contributed by atoms with Crippen LogP contribution in [0.4, 0.5) is 4.39 Å². The molecule has 0 radical (unpaired) electrons. The summed E-state index contributed by atoms with van der Waals surface area (Å²) in [6.07, 6.45) is 3.23. The first-order valence-corrected chi connectivity index (χ1v) is 5.71. The number of hydrogen-bond donors (Lipinski definition) is 2. The molecule has 0 aliphatic heterocycles. The van der Waals surface area contributed by atoms with E-state index in [2.05, 4.69) is 15.3 Å². The first kappa shape index (κ1) is 12.6. The van der Waals surface area contributed by atoms with Gasteiger partial charge in [0.15, 0.2) is 0 Å². The second kappa shape index (κ2) is 5.18. The molecule has 0 aliphatic rings. The summed E-state index contributed by atoms with van der Waals surface area (Å²) in [6.45, 7) is 1.75. The maximum absolute atomic E-state index is 13.5. The molecule has 2 N–H and O–H groups in total. The van der Waals surface area contributed by atoms with E-state index in [1.807, 2.05) is 0 Å². The van der Waals surface area contributed by atoms with Crippen LogP contribution in [0, 0.1) is 5.82 Å². The number of hydrogen-bond acceptors (Lipinski definition) is 2. The predicted molar refractivity (Wildman–Crippen MR) is 65.9 cm³/mol. The number of aromatic nitrogens is 2. The highest BCUT2D eigenvalue weighted by Gasteiger charge is 2.16. The van der Waals surface area contributed by atoms with Crippen LogP contribution >= 0.6 is 11.6 Å². The molecule has 1 amide bonds. The van der Waals surface area contributed by atoms with Gasteiger partial charge in [-0.05, 0) is 25.1 Å². The van der Waals surface area contributed by atoms with E-state index >= 15 is 0 Å². The Hall–Kier alpha value is -1.88. The molecule has 1 heterocycles. The van der Waals surface area contributed by atoms with Gasteiger partial charge >= 0.3 is 0 Å². The third kappa shape index (κ3) is 2.68. The van der Waals surface area contributed by atoms with Crippen molar-refractivity contribution in [3.8, 4) is 0 Å². The van der Waals surface area contributed by atoms with E-state index in [0.717, 1.165) is 6.07 Å². The minimum atomic E-state index is -0.608. The van der Waals surface area contributed by atoms with Crippen molar-refractivity contribution < 1.29 is 9.18 Å². The normalized spacial score (nSPS) is 12.2. The van der Waals surface area contributed by atoms with Gasteiger partial charge in [0.25, 0.3) is 5.91 Å². The van der Waals surface area contributed by atoms with Crippen molar-refractivity contribution in [3.05, 3.63) is 52.8 Å². The van der Waals surface area contributed by atoms with Crippen LogP contribution in [0.2, 0.25) is 5.02 Å². The zero-order valence-corrected chi connectivity index (χ0v) is 10.3. The zero-order valence-electron chi connectivity index (χ0n) is 9.58. The Morgan fingerprint density at radius 2 is 2.33 bits per heavy atom. The number of nitrogens with zero attached hydrogens (tertiary/aromatic N) is 1. The van der Waals surface area contributed by atoms with E-state index in [4.69, 9.17) is 11.6 Å². The van der Waals surface area contributed by atoms with Crippen LogP contribution in [-0.4, -0.2) is 15.9 Å². The lowest BCUT2D eigenvalue weighted by Gasteiger charge is -2.12. The molecule has 18 heavy (non-hydrogen) atoms. The van der Waals surface area contributed by atoms with Crippen LogP contribution in [0.15, 0.2) is 30.6 Å². The van der Waals surface area contributed by atoms with Crippen molar-refractivity contribution in [2.75, 3.05) is 0 Å². The highest BCUT2D eigenvalue weighted by atomic mass is 35.5. The van der Waals surface area contributed by atoms with Crippen LogP contribution in [0.1, 0.15) is 29.1 Å². The smallest absolute Gasteiger partial charge is 0.254 e. The summed E-state index contributed by atoms with van der Waals surface area (Å²) in [7, 11) is 0. The topological polar surface area (TPSA) is 57.8 Å². The Balaban J connectivity index is 2.15. The molecule has 1 aromatic carbocycles. The van der Waals surface area contributed by atoms with Gasteiger partial charge in [-0.2, -0.15) is 0 Å². The number of aromatic amines is 1. The molecule has 0 saturated carbocycles. The highest BCUT2D eigenvalue weighted by molar-refractivity contribution is 6.31. The number of amides is 1. The van der Waals surface area contributed by atoms with Crippen molar-refractivity contribution in [2.45, 2.75) is 13.0 Å². The fourth-order valence-corrected chi connectivity index (χ4v) is 1.70. The summed E-state index contributed by atoms with van der Waals surface area (Å²) in [5.41, 5.74) is -0.0825. The van der Waals surface area contributed by atoms with Gasteiger partial charge in [0.2, 0.25) is 0 Å². The Kier molecular flexibility index (Phi) is 3.62. The quantitative estimate of drug-likeness (QED) is 0.898. The van der Waals surface area contributed by atoms with Crippen molar-refractivity contribution in [1.82, 2.24) is 15.3 Å². The molecule has 0 saturated heterocycles. The lowest BCUT2D eigenvalue weighted by Crippen LogP contribution is -2.28. The number of rotatable bonds is 3. The van der Waals surface area contributed by atoms with Gasteiger partial charge in [-0.15, -0.1) is 0 Å². The first-order valence-electron chi connectivity index (χ1n) is 5.33. The van der Waals surface area contributed by atoms with Crippen LogP contribution < -0.4 is 5.32 Å². The number of benzene rings is 1. The zero-order chi connectivity index (χ0) is 13.1. The Morgan fingerprint density at radius 3 is 3.00 bits per heavy atom. The standard InChI is InChI=1S/C12H11ClFN3O/c1-7(11-15-4-5-16-11)17-12(18)9-6-8(13)2-3-10(9)14/h2-7H,1H3,(H,15,16)(H,17,18). The van der Waals surface area contributed by atoms with E-state index < -0.39 is 11.7 Å². The lowest BCUT2D eigenvalue weighted by molar-refractivity contribution is 0.0934. The molecule has 1 atom stereocenters. The predicted octanol–water partition coefficient (Wildman–Crippen LogP) is 2.69. The van der Waals surface area contributed by atoms with Gasteiger partial charge in [0, 0.05) is 17.4 Å². The average Bonchev–Trinajstić information content (AvgIpc) is 2.85. The fraction of sp³-hybridized carbons (Fsp3) is 0.167. The van der Waals surface area contributed by atoms with Gasteiger partial charge in [0.1, 0.15) is 11.6 Å². The summed E-state index contributed by atoms with van der Waals surface area (Å²) < 4.78 is 13.5. The Morgan fingerprint density at radius 1 is 1.56 bits per heavy atom. The molecule has 6 heteroatoms. The molecule has 1 unspecified atom stereocenters. The van der Waals surface area contributed by atoms with Gasteiger partial charge in [0.05, 0.1) is 11.6 Å². The van der Waals surface area contributed by atoms with Crippen LogP contribution in [0.25, 0.3) is 0 Å². The molecule has 0 spiro atoms. The summed E-state index contributed by atoms with van der Waals surface area (Å²) >= 11 is 5.73. The van der Waals surface area contributed by atoms with E-state index in [-0.39, 0.29) is 11.6 Å². The van der Waals surface area contributed by atoms with Crippen molar-refractivity contribution in [1.29, 1.82) is 0 Å². The number of H-pyrrole nitrogens is 1. The van der Waals surface area contributed by atoms with Gasteiger partial charge in [-0.25, -0.2) is 9.37 Å². The maximum atomic E-state index is 13.5. The summed E-state index contributed by atoms with van der Waals surface area (Å²) in [4.78, 5) is 18.8. The number of carbonyl (C=O) groups excluding carboxylic acids is 1. The first-order chi connectivity index (χ1) is 8.58. The molecule has 2 rings (SSSR count).